The number of aromatic nitrogens is 2. The molecule has 1 aromatic carbocycles. The van der Waals surface area contributed by atoms with Crippen molar-refractivity contribution in [3.63, 3.8) is 0 Å². The van der Waals surface area contributed by atoms with Crippen molar-refractivity contribution in [2.75, 3.05) is 11.9 Å². The van der Waals surface area contributed by atoms with Gasteiger partial charge in [-0.2, -0.15) is 5.10 Å². The van der Waals surface area contributed by atoms with Crippen LogP contribution in [-0.2, 0) is 20.0 Å². The molecule has 0 unspecified atom stereocenters. The lowest BCUT2D eigenvalue weighted by Gasteiger charge is -2.19. The van der Waals surface area contributed by atoms with Gasteiger partial charge in [-0.1, -0.05) is 12.1 Å². The van der Waals surface area contributed by atoms with Crippen LogP contribution in [0.5, 0.6) is 0 Å². The summed E-state index contributed by atoms with van der Waals surface area (Å²) in [4.78, 5) is 12.5. The Labute approximate surface area is 118 Å². The molecular formula is C15H18N4O. The molecule has 5 nitrogen and oxygen atoms in total. The van der Waals surface area contributed by atoms with Crippen LogP contribution in [0, 0.1) is 6.92 Å². The Morgan fingerprint density at radius 3 is 3.05 bits per heavy atom. The van der Waals surface area contributed by atoms with Gasteiger partial charge in [0.15, 0.2) is 0 Å². The topological polar surface area (TPSA) is 59.0 Å². The summed E-state index contributed by atoms with van der Waals surface area (Å²) in [6.45, 7) is 3.66. The Kier molecular flexibility index (Phi) is 3.28. The molecule has 1 aliphatic heterocycles. The molecule has 3 rings (SSSR count). The fourth-order valence-electron chi connectivity index (χ4n) is 2.66. The van der Waals surface area contributed by atoms with Crippen LogP contribution < -0.4 is 10.6 Å². The average Bonchev–Trinajstić information content (AvgIpc) is 2.76. The van der Waals surface area contributed by atoms with Crippen molar-refractivity contribution in [1.29, 1.82) is 0 Å². The number of fused-ring (bicyclic) bond motifs is 1. The lowest BCUT2D eigenvalue weighted by molar-refractivity contribution is 0.102. The zero-order valence-electron chi connectivity index (χ0n) is 11.7. The van der Waals surface area contributed by atoms with Crippen molar-refractivity contribution in [3.05, 3.63) is 46.6 Å². The SMILES string of the molecule is Cc1cc(NC(=O)c2cccc3c2CCNC3)n(C)n1. The number of anilines is 1. The summed E-state index contributed by atoms with van der Waals surface area (Å²) in [5.41, 5.74) is 4.03. The first-order chi connectivity index (χ1) is 9.65. The van der Waals surface area contributed by atoms with E-state index in [-0.39, 0.29) is 5.91 Å². The van der Waals surface area contributed by atoms with Gasteiger partial charge in [0, 0.05) is 25.2 Å². The van der Waals surface area contributed by atoms with E-state index in [1.54, 1.807) is 4.68 Å². The summed E-state index contributed by atoms with van der Waals surface area (Å²) >= 11 is 0. The number of aryl methyl sites for hydroxylation is 2. The van der Waals surface area contributed by atoms with Gasteiger partial charge in [-0.3, -0.25) is 9.48 Å². The minimum atomic E-state index is -0.0632. The predicted molar refractivity (Wildman–Crippen MR) is 77.8 cm³/mol. The molecule has 0 fully saturated rings. The fourth-order valence-corrected chi connectivity index (χ4v) is 2.66. The highest BCUT2D eigenvalue weighted by atomic mass is 16.1. The van der Waals surface area contributed by atoms with Gasteiger partial charge in [0.05, 0.1) is 5.69 Å². The minimum Gasteiger partial charge on any atom is -0.312 e. The lowest BCUT2D eigenvalue weighted by Crippen LogP contribution is -2.26. The molecular weight excluding hydrogens is 252 g/mol. The maximum absolute atomic E-state index is 12.5. The normalized spacial score (nSPS) is 13.9. The van der Waals surface area contributed by atoms with Gasteiger partial charge in [-0.15, -0.1) is 0 Å². The van der Waals surface area contributed by atoms with Crippen LogP contribution in [0.4, 0.5) is 5.82 Å². The number of hydrogen-bond acceptors (Lipinski definition) is 3. The van der Waals surface area contributed by atoms with E-state index in [9.17, 15) is 4.79 Å². The van der Waals surface area contributed by atoms with E-state index < -0.39 is 0 Å². The molecule has 1 aliphatic rings. The maximum Gasteiger partial charge on any atom is 0.257 e. The van der Waals surface area contributed by atoms with Gasteiger partial charge in [0.25, 0.3) is 5.91 Å². The van der Waals surface area contributed by atoms with Gasteiger partial charge >= 0.3 is 0 Å². The van der Waals surface area contributed by atoms with E-state index in [1.165, 1.54) is 5.56 Å². The van der Waals surface area contributed by atoms with Crippen molar-refractivity contribution in [1.82, 2.24) is 15.1 Å². The molecule has 5 heteroatoms. The Balaban J connectivity index is 1.89. The van der Waals surface area contributed by atoms with Crippen LogP contribution in [0.3, 0.4) is 0 Å². The molecule has 0 saturated heterocycles. The molecule has 0 bridgehead atoms. The monoisotopic (exact) mass is 270 g/mol. The fraction of sp³-hybridized carbons (Fsp3) is 0.333. The summed E-state index contributed by atoms with van der Waals surface area (Å²) < 4.78 is 1.68. The second kappa shape index (κ2) is 5.09. The number of amides is 1. The smallest absolute Gasteiger partial charge is 0.257 e. The van der Waals surface area contributed by atoms with Gasteiger partial charge in [-0.25, -0.2) is 0 Å². The first-order valence-electron chi connectivity index (χ1n) is 6.78. The number of carbonyl (C=O) groups excluding carboxylic acids is 1. The maximum atomic E-state index is 12.5. The molecule has 2 heterocycles. The van der Waals surface area contributed by atoms with Crippen LogP contribution in [0.25, 0.3) is 0 Å². The highest BCUT2D eigenvalue weighted by Gasteiger charge is 2.18. The van der Waals surface area contributed by atoms with Crippen LogP contribution >= 0.6 is 0 Å². The van der Waals surface area contributed by atoms with E-state index in [1.807, 2.05) is 32.2 Å². The molecule has 104 valence electrons. The summed E-state index contributed by atoms with van der Waals surface area (Å²) in [6, 6.07) is 7.78. The predicted octanol–water partition coefficient (Wildman–Crippen LogP) is 1.63. The molecule has 20 heavy (non-hydrogen) atoms. The first-order valence-corrected chi connectivity index (χ1v) is 6.78. The third-order valence-electron chi connectivity index (χ3n) is 3.63. The second-order valence-electron chi connectivity index (χ2n) is 5.12. The van der Waals surface area contributed by atoms with E-state index in [4.69, 9.17) is 0 Å². The van der Waals surface area contributed by atoms with Crippen molar-refractivity contribution < 1.29 is 4.79 Å². The molecule has 0 aliphatic carbocycles. The van der Waals surface area contributed by atoms with Crippen molar-refractivity contribution in [3.8, 4) is 0 Å². The van der Waals surface area contributed by atoms with Gasteiger partial charge < -0.3 is 10.6 Å². The third kappa shape index (κ3) is 2.32. The Hall–Kier alpha value is -2.14. The molecule has 2 aromatic rings. The minimum absolute atomic E-state index is 0.0632. The highest BCUT2D eigenvalue weighted by molar-refractivity contribution is 6.05. The Bertz CT molecular complexity index is 660. The number of rotatable bonds is 2. The molecule has 1 aromatic heterocycles. The number of nitrogens with one attached hydrogen (secondary N) is 2. The molecule has 0 spiro atoms. The lowest BCUT2D eigenvalue weighted by atomic mass is 9.95. The van der Waals surface area contributed by atoms with Gasteiger partial charge in [0.1, 0.15) is 5.82 Å². The number of hydrogen-bond donors (Lipinski definition) is 2. The van der Waals surface area contributed by atoms with Crippen LogP contribution in [0.15, 0.2) is 24.3 Å². The van der Waals surface area contributed by atoms with Gasteiger partial charge in [-0.05, 0) is 37.1 Å². The quantitative estimate of drug-likeness (QED) is 0.872. The van der Waals surface area contributed by atoms with Gasteiger partial charge in [0.2, 0.25) is 0 Å². The van der Waals surface area contributed by atoms with E-state index in [2.05, 4.69) is 21.8 Å². The Morgan fingerprint density at radius 1 is 1.45 bits per heavy atom. The highest BCUT2D eigenvalue weighted by Crippen LogP contribution is 2.20. The molecule has 0 saturated carbocycles. The molecule has 0 radical (unpaired) electrons. The number of benzene rings is 1. The number of nitrogens with zero attached hydrogens (tertiary/aromatic N) is 2. The summed E-state index contributed by atoms with van der Waals surface area (Å²) in [7, 11) is 1.83. The first kappa shape index (κ1) is 12.9. The van der Waals surface area contributed by atoms with Crippen molar-refractivity contribution in [2.45, 2.75) is 19.9 Å². The molecule has 0 atom stereocenters. The molecule has 2 N–H and O–H groups in total. The third-order valence-corrected chi connectivity index (χ3v) is 3.63. The average molecular weight is 270 g/mol. The summed E-state index contributed by atoms with van der Waals surface area (Å²) in [5.74, 6) is 0.658. The van der Waals surface area contributed by atoms with E-state index >= 15 is 0 Å². The van der Waals surface area contributed by atoms with E-state index in [0.29, 0.717) is 0 Å². The standard InChI is InChI=1S/C15H18N4O/c1-10-8-14(19(2)18-10)17-15(20)13-5-3-4-11-9-16-7-6-12(11)13/h3-5,8,16H,6-7,9H2,1-2H3,(H,17,20). The van der Waals surface area contributed by atoms with Crippen LogP contribution in [0.2, 0.25) is 0 Å². The summed E-state index contributed by atoms with van der Waals surface area (Å²) in [6.07, 6.45) is 0.892. The van der Waals surface area contributed by atoms with Crippen molar-refractivity contribution >= 4 is 11.7 Å². The van der Waals surface area contributed by atoms with E-state index in [0.717, 1.165) is 42.1 Å². The van der Waals surface area contributed by atoms with Crippen LogP contribution in [-0.4, -0.2) is 22.2 Å². The second-order valence-corrected chi connectivity index (χ2v) is 5.12. The molecule has 1 amide bonds. The van der Waals surface area contributed by atoms with Crippen LogP contribution in [0.1, 0.15) is 27.2 Å². The van der Waals surface area contributed by atoms with Crippen molar-refractivity contribution in [2.24, 2.45) is 7.05 Å². The number of carbonyl (C=O) groups is 1. The summed E-state index contributed by atoms with van der Waals surface area (Å²) in [5, 5.41) is 10.5. The zero-order chi connectivity index (χ0) is 14.1. The Morgan fingerprint density at radius 2 is 2.30 bits per heavy atom. The zero-order valence-corrected chi connectivity index (χ0v) is 11.7. The largest absolute Gasteiger partial charge is 0.312 e.